The Hall–Kier alpha value is -2.83. The van der Waals surface area contributed by atoms with Gasteiger partial charge in [-0.15, -0.1) is 22.0 Å². The Kier molecular flexibility index (Phi) is 9.28. The number of primary amides is 1. The van der Waals surface area contributed by atoms with E-state index in [0.717, 1.165) is 37.6 Å². The highest BCUT2D eigenvalue weighted by atomic mass is 35.5. The highest BCUT2D eigenvalue weighted by Crippen LogP contribution is 2.33. The average Bonchev–Trinajstić information content (AvgIpc) is 2.88. The fourth-order valence-corrected chi connectivity index (χ4v) is 5.01. The van der Waals surface area contributed by atoms with E-state index in [1.807, 2.05) is 12.1 Å². The number of hydrogen-bond acceptors (Lipinski definition) is 9. The third-order valence-corrected chi connectivity index (χ3v) is 7.35. The van der Waals surface area contributed by atoms with Crippen molar-refractivity contribution in [1.82, 2.24) is 25.0 Å². The monoisotopic (exact) mass is 544 g/mol. The molecule has 0 saturated carbocycles. The number of amides is 1. The Morgan fingerprint density at radius 2 is 1.97 bits per heavy atom. The van der Waals surface area contributed by atoms with E-state index in [1.165, 1.54) is 30.0 Å². The molecule has 12 heteroatoms. The van der Waals surface area contributed by atoms with E-state index >= 15 is 0 Å². The summed E-state index contributed by atoms with van der Waals surface area (Å²) in [6.45, 7) is 3.91. The number of piperazine rings is 1. The van der Waals surface area contributed by atoms with Crippen LogP contribution < -0.4 is 16.8 Å². The second-order valence-corrected chi connectivity index (χ2v) is 10.3. The second kappa shape index (κ2) is 12.6. The minimum atomic E-state index is -0.445. The lowest BCUT2D eigenvalue weighted by Crippen LogP contribution is -2.46. The van der Waals surface area contributed by atoms with Gasteiger partial charge in [-0.25, -0.2) is 4.39 Å². The third kappa shape index (κ3) is 7.14. The van der Waals surface area contributed by atoms with E-state index < -0.39 is 5.82 Å². The maximum Gasteiger partial charge on any atom is 0.219 e. The van der Waals surface area contributed by atoms with Gasteiger partial charge in [0.2, 0.25) is 5.91 Å². The zero-order valence-corrected chi connectivity index (χ0v) is 22.1. The van der Waals surface area contributed by atoms with Gasteiger partial charge in [-0.3, -0.25) is 14.7 Å². The first-order chi connectivity index (χ1) is 17.8. The summed E-state index contributed by atoms with van der Waals surface area (Å²) >= 11 is 7.54. The molecule has 196 valence electrons. The van der Waals surface area contributed by atoms with Crippen molar-refractivity contribution in [3.63, 3.8) is 0 Å². The van der Waals surface area contributed by atoms with Gasteiger partial charge in [0.05, 0.1) is 23.1 Å². The van der Waals surface area contributed by atoms with E-state index in [2.05, 4.69) is 37.3 Å². The molecule has 9 nitrogen and oxygen atoms in total. The molecule has 2 aromatic heterocycles. The van der Waals surface area contributed by atoms with Crippen LogP contribution in [0.1, 0.15) is 18.2 Å². The number of pyridine rings is 1. The van der Waals surface area contributed by atoms with Crippen LogP contribution in [0.15, 0.2) is 47.6 Å². The number of likely N-dealkylation sites (N-methyl/N-ethyl adjacent to an activating group) is 1. The number of nitrogens with one attached hydrogen (secondary N) is 1. The van der Waals surface area contributed by atoms with Gasteiger partial charge in [0.15, 0.2) is 0 Å². The van der Waals surface area contributed by atoms with Crippen molar-refractivity contribution >= 4 is 40.6 Å². The highest BCUT2D eigenvalue weighted by Gasteiger charge is 2.26. The largest absolute Gasteiger partial charge is 0.370 e. The minimum absolute atomic E-state index is 0.173. The minimum Gasteiger partial charge on any atom is -0.370 e. The molecule has 0 radical (unpaired) electrons. The molecule has 1 unspecified atom stereocenters. The predicted octanol–water partition coefficient (Wildman–Crippen LogP) is 3.29. The number of halogens is 2. The van der Waals surface area contributed by atoms with Crippen molar-refractivity contribution in [1.29, 1.82) is 0 Å². The molecule has 4 rings (SSSR count). The number of benzene rings is 1. The number of anilines is 2. The van der Waals surface area contributed by atoms with E-state index in [0.29, 0.717) is 33.7 Å². The van der Waals surface area contributed by atoms with Crippen LogP contribution >= 0.6 is 23.4 Å². The molecule has 0 aliphatic carbocycles. The first kappa shape index (κ1) is 27.2. The molecule has 1 aliphatic heterocycles. The number of hydrogen-bond donors (Lipinski definition) is 3. The van der Waals surface area contributed by atoms with Crippen LogP contribution in [-0.2, 0) is 4.79 Å². The molecule has 5 N–H and O–H groups in total. The molecule has 37 heavy (non-hydrogen) atoms. The Balaban J connectivity index is 1.66. The molecule has 1 saturated heterocycles. The quantitative estimate of drug-likeness (QED) is 0.329. The summed E-state index contributed by atoms with van der Waals surface area (Å²) in [5.41, 5.74) is 14.0. The summed E-state index contributed by atoms with van der Waals surface area (Å²) < 4.78 is 14.5. The smallest absolute Gasteiger partial charge is 0.219 e. The number of carbonyl (C=O) groups excluding carboxylic acids is 1. The molecule has 3 aromatic rings. The summed E-state index contributed by atoms with van der Waals surface area (Å²) in [6, 6.07) is 9.55. The lowest BCUT2D eigenvalue weighted by atomic mass is 10.1. The third-order valence-electron chi connectivity index (χ3n) is 6.10. The van der Waals surface area contributed by atoms with Gasteiger partial charge in [-0.2, -0.15) is 0 Å². The zero-order valence-electron chi connectivity index (χ0n) is 20.5. The number of rotatable bonds is 10. The standard InChI is InChI=1S/C25H30ClFN8OS/c1-34-7-9-35(10-8-34)23(15-24(29)36)21-13-17(4-6-30-21)31-22-14-20(32-33-25(22)37-11-5-28)18-12-16(26)2-3-19(18)27/h2-4,6,12-14,23H,5,7-11,15,28H2,1H3,(H2,29,36)(H,30,31,32). The number of nitrogens with two attached hydrogens (primary N) is 2. The SMILES string of the molecule is CN1CCN(C(CC(N)=O)c2cc(Nc3cc(-c4cc(Cl)ccc4F)nnc3SCCN)ccn2)CC1. The van der Waals surface area contributed by atoms with Crippen LogP contribution in [0.3, 0.4) is 0 Å². The molecule has 1 amide bonds. The van der Waals surface area contributed by atoms with Gasteiger partial charge in [0.1, 0.15) is 10.8 Å². The van der Waals surface area contributed by atoms with Gasteiger partial charge in [-0.05, 0) is 43.4 Å². The summed E-state index contributed by atoms with van der Waals surface area (Å²) in [7, 11) is 2.08. The maximum absolute atomic E-state index is 14.5. The molecule has 1 aliphatic rings. The molecular formula is C25H30ClFN8OS. The first-order valence-electron chi connectivity index (χ1n) is 11.9. The van der Waals surface area contributed by atoms with Crippen LogP contribution in [0.4, 0.5) is 15.8 Å². The molecule has 0 spiro atoms. The second-order valence-electron chi connectivity index (χ2n) is 8.83. The first-order valence-corrected chi connectivity index (χ1v) is 13.3. The van der Waals surface area contributed by atoms with Crippen molar-refractivity contribution in [2.45, 2.75) is 17.5 Å². The number of aromatic nitrogens is 3. The van der Waals surface area contributed by atoms with Crippen LogP contribution in [-0.4, -0.2) is 76.4 Å². The van der Waals surface area contributed by atoms with Gasteiger partial charge in [-0.1, -0.05) is 11.6 Å². The Labute approximate surface area is 224 Å². The molecule has 1 fully saturated rings. The van der Waals surface area contributed by atoms with Crippen LogP contribution in [0, 0.1) is 5.82 Å². The maximum atomic E-state index is 14.5. The predicted molar refractivity (Wildman–Crippen MR) is 145 cm³/mol. The van der Waals surface area contributed by atoms with Crippen LogP contribution in [0.5, 0.6) is 0 Å². The van der Waals surface area contributed by atoms with E-state index in [-0.39, 0.29) is 23.9 Å². The van der Waals surface area contributed by atoms with Gasteiger partial charge in [0, 0.05) is 67.4 Å². The summed E-state index contributed by atoms with van der Waals surface area (Å²) in [5.74, 6) is -0.185. The van der Waals surface area contributed by atoms with Crippen molar-refractivity contribution in [3.8, 4) is 11.3 Å². The number of thioether (sulfide) groups is 1. The van der Waals surface area contributed by atoms with E-state index in [4.69, 9.17) is 23.1 Å². The normalized spacial score (nSPS) is 15.5. The van der Waals surface area contributed by atoms with Gasteiger partial charge < -0.3 is 21.7 Å². The Morgan fingerprint density at radius 3 is 2.70 bits per heavy atom. The van der Waals surface area contributed by atoms with Crippen molar-refractivity contribution in [3.05, 3.63) is 59.1 Å². The fourth-order valence-electron chi connectivity index (χ4n) is 4.17. The van der Waals surface area contributed by atoms with Crippen LogP contribution in [0.25, 0.3) is 11.3 Å². The topological polar surface area (TPSA) is 126 Å². The summed E-state index contributed by atoms with van der Waals surface area (Å²) in [6.07, 6.45) is 1.87. The molecule has 1 aromatic carbocycles. The van der Waals surface area contributed by atoms with Crippen LogP contribution in [0.2, 0.25) is 5.02 Å². The molecule has 3 heterocycles. The highest BCUT2D eigenvalue weighted by molar-refractivity contribution is 7.99. The summed E-state index contributed by atoms with van der Waals surface area (Å²) in [4.78, 5) is 21.0. The Morgan fingerprint density at radius 1 is 1.19 bits per heavy atom. The molecule has 0 bridgehead atoms. The lowest BCUT2D eigenvalue weighted by Gasteiger charge is -2.37. The van der Waals surface area contributed by atoms with E-state index in [9.17, 15) is 9.18 Å². The number of nitrogens with zero attached hydrogens (tertiary/aromatic N) is 5. The van der Waals surface area contributed by atoms with Gasteiger partial charge in [0.25, 0.3) is 0 Å². The van der Waals surface area contributed by atoms with E-state index in [1.54, 1.807) is 12.3 Å². The zero-order chi connectivity index (χ0) is 26.4. The average molecular weight is 545 g/mol. The Bertz CT molecular complexity index is 1240. The van der Waals surface area contributed by atoms with Gasteiger partial charge >= 0.3 is 0 Å². The fraction of sp³-hybridized carbons (Fsp3) is 0.360. The molecule has 1 atom stereocenters. The molecular weight excluding hydrogens is 515 g/mol. The van der Waals surface area contributed by atoms with Crippen molar-refractivity contribution < 1.29 is 9.18 Å². The number of carbonyl (C=O) groups is 1. The summed E-state index contributed by atoms with van der Waals surface area (Å²) in [5, 5.41) is 13.0. The van der Waals surface area contributed by atoms with Crippen molar-refractivity contribution in [2.75, 3.05) is 50.8 Å². The van der Waals surface area contributed by atoms with Crippen molar-refractivity contribution in [2.24, 2.45) is 11.5 Å². The lowest BCUT2D eigenvalue weighted by molar-refractivity contribution is -0.119.